The number of fused-ring (bicyclic) bond motifs is 1. The van der Waals surface area contributed by atoms with Crippen LogP contribution in [0.1, 0.15) is 34.1 Å². The Balaban J connectivity index is 1.57. The molecule has 1 unspecified atom stereocenters. The van der Waals surface area contributed by atoms with Gasteiger partial charge < -0.3 is 23.8 Å². The van der Waals surface area contributed by atoms with Crippen LogP contribution < -0.4 is 19.9 Å². The van der Waals surface area contributed by atoms with E-state index in [-0.39, 0.29) is 23.2 Å². The summed E-state index contributed by atoms with van der Waals surface area (Å²) in [4.78, 5) is 27.2. The highest BCUT2D eigenvalue weighted by Crippen LogP contribution is 2.36. The van der Waals surface area contributed by atoms with Crippen LogP contribution in [0.25, 0.3) is 15.9 Å². The lowest BCUT2D eigenvalue weighted by molar-refractivity contribution is 0.0512. The molecule has 1 aliphatic heterocycles. The number of nitrogens with zero attached hydrogens (tertiary/aromatic N) is 5. The fourth-order valence-electron chi connectivity index (χ4n) is 4.29. The van der Waals surface area contributed by atoms with E-state index in [2.05, 4.69) is 33.6 Å². The number of pyridine rings is 3. The Bertz CT molecular complexity index is 1260. The third-order valence-corrected chi connectivity index (χ3v) is 5.98. The van der Waals surface area contributed by atoms with Gasteiger partial charge in [-0.2, -0.15) is 0 Å². The zero-order chi connectivity index (χ0) is 23.8. The van der Waals surface area contributed by atoms with Crippen molar-refractivity contribution in [3.8, 4) is 11.6 Å². The van der Waals surface area contributed by atoms with Crippen molar-refractivity contribution in [1.29, 1.82) is 0 Å². The van der Waals surface area contributed by atoms with Crippen LogP contribution in [0.4, 0.5) is 11.5 Å². The Hall–Kier alpha value is -3.60. The summed E-state index contributed by atoms with van der Waals surface area (Å²) in [6.45, 7) is 17.0. The predicted molar refractivity (Wildman–Crippen MR) is 128 cm³/mol. The summed E-state index contributed by atoms with van der Waals surface area (Å²) in [6.07, 6.45) is 2.50. The van der Waals surface area contributed by atoms with Crippen molar-refractivity contribution in [1.82, 2.24) is 14.5 Å². The highest BCUT2D eigenvalue weighted by Gasteiger charge is 2.39. The van der Waals surface area contributed by atoms with Crippen LogP contribution in [0.3, 0.4) is 0 Å². The molecule has 0 radical (unpaired) electrons. The van der Waals surface area contributed by atoms with E-state index in [1.54, 1.807) is 36.0 Å². The van der Waals surface area contributed by atoms with Gasteiger partial charge in [0.05, 0.1) is 23.5 Å². The van der Waals surface area contributed by atoms with E-state index in [1.807, 2.05) is 26.0 Å². The molecule has 0 bridgehead atoms. The number of hydrogen-bond donors (Lipinski definition) is 0. The fraction of sp³-hybridized carbons (Fsp3) is 0.440. The van der Waals surface area contributed by atoms with Crippen LogP contribution in [0.5, 0.6) is 11.6 Å². The van der Waals surface area contributed by atoms with Crippen LogP contribution in [-0.2, 0) is 7.05 Å². The summed E-state index contributed by atoms with van der Waals surface area (Å²) in [5, 5.41) is 0. The topological polar surface area (TPSA) is 73.8 Å². The smallest absolute Gasteiger partial charge is 0.270 e. The summed E-state index contributed by atoms with van der Waals surface area (Å²) in [6, 6.07) is 8.77. The first-order chi connectivity index (χ1) is 15.7. The molecular weight excluding hydrogens is 418 g/mol. The Morgan fingerprint density at radius 2 is 2.03 bits per heavy atom. The van der Waals surface area contributed by atoms with Crippen LogP contribution in [0.15, 0.2) is 41.3 Å². The standard InChI is InChI=1S/C25H29N5O3/c1-16(2)32-17-7-10-22(27-14-17)33-20-11-12-30(15-25(20,3)4)19-13-23(31)29(6)18-8-9-21(26-5)28-24(18)19/h7-10,13-14,16,20H,11-12,15H2,1-4,6H3. The third-order valence-electron chi connectivity index (χ3n) is 5.98. The van der Waals surface area contributed by atoms with E-state index in [4.69, 9.17) is 16.0 Å². The van der Waals surface area contributed by atoms with E-state index < -0.39 is 0 Å². The molecule has 1 saturated heterocycles. The van der Waals surface area contributed by atoms with Gasteiger partial charge >= 0.3 is 0 Å². The Morgan fingerprint density at radius 1 is 1.24 bits per heavy atom. The van der Waals surface area contributed by atoms with Gasteiger partial charge in [-0.1, -0.05) is 20.4 Å². The minimum Gasteiger partial charge on any atom is -0.489 e. The van der Waals surface area contributed by atoms with Gasteiger partial charge in [0.2, 0.25) is 11.4 Å². The Kier molecular flexibility index (Phi) is 5.98. The molecule has 172 valence electrons. The first-order valence-electron chi connectivity index (χ1n) is 11.1. The minimum absolute atomic E-state index is 0.0392. The number of rotatable bonds is 5. The molecular formula is C25H29N5O3. The molecule has 1 atom stereocenters. The SMILES string of the molecule is [C-]#[N+]c1ccc2c(n1)c(N1CCC(Oc3ccc(OC(C)C)cn3)C(C)(C)C1)cc(=O)n2C. The van der Waals surface area contributed by atoms with Gasteiger partial charge in [0.25, 0.3) is 11.4 Å². The summed E-state index contributed by atoms with van der Waals surface area (Å²) < 4.78 is 13.5. The molecule has 1 fully saturated rings. The number of aromatic nitrogens is 3. The maximum absolute atomic E-state index is 12.6. The van der Waals surface area contributed by atoms with Gasteiger partial charge in [-0.05, 0) is 32.0 Å². The van der Waals surface area contributed by atoms with Crippen molar-refractivity contribution >= 4 is 22.5 Å². The highest BCUT2D eigenvalue weighted by molar-refractivity contribution is 5.89. The van der Waals surface area contributed by atoms with Crippen molar-refractivity contribution in [3.05, 3.63) is 58.3 Å². The average Bonchev–Trinajstić information content (AvgIpc) is 2.78. The predicted octanol–water partition coefficient (Wildman–Crippen LogP) is 4.35. The van der Waals surface area contributed by atoms with Gasteiger partial charge in [0, 0.05) is 44.1 Å². The van der Waals surface area contributed by atoms with Crippen molar-refractivity contribution in [2.75, 3.05) is 18.0 Å². The molecule has 0 aromatic carbocycles. The van der Waals surface area contributed by atoms with Crippen LogP contribution >= 0.6 is 0 Å². The maximum Gasteiger partial charge on any atom is 0.270 e. The van der Waals surface area contributed by atoms with Gasteiger partial charge in [-0.3, -0.25) is 4.79 Å². The zero-order valence-electron chi connectivity index (χ0n) is 19.7. The van der Waals surface area contributed by atoms with Crippen LogP contribution in [0, 0.1) is 12.0 Å². The lowest BCUT2D eigenvalue weighted by atomic mass is 9.80. The lowest BCUT2D eigenvalue weighted by Gasteiger charge is -2.44. The van der Waals surface area contributed by atoms with E-state index in [0.29, 0.717) is 35.8 Å². The Labute approximate surface area is 193 Å². The highest BCUT2D eigenvalue weighted by atomic mass is 16.5. The molecule has 8 nitrogen and oxygen atoms in total. The molecule has 4 rings (SSSR count). The molecule has 33 heavy (non-hydrogen) atoms. The van der Waals surface area contributed by atoms with E-state index >= 15 is 0 Å². The summed E-state index contributed by atoms with van der Waals surface area (Å²) >= 11 is 0. The van der Waals surface area contributed by atoms with E-state index in [9.17, 15) is 4.79 Å². The maximum atomic E-state index is 12.6. The van der Waals surface area contributed by atoms with Gasteiger partial charge in [-0.25, -0.2) is 4.98 Å². The van der Waals surface area contributed by atoms with Crippen LogP contribution in [0.2, 0.25) is 0 Å². The lowest BCUT2D eigenvalue weighted by Crippen LogP contribution is -2.51. The van der Waals surface area contributed by atoms with Gasteiger partial charge in [-0.15, -0.1) is 4.98 Å². The quantitative estimate of drug-likeness (QED) is 0.542. The van der Waals surface area contributed by atoms with E-state index in [1.165, 1.54) is 0 Å². The second-order valence-electron chi connectivity index (χ2n) is 9.38. The third kappa shape index (κ3) is 4.63. The first kappa shape index (κ1) is 22.6. The first-order valence-corrected chi connectivity index (χ1v) is 11.1. The number of aryl methyl sites for hydroxylation is 1. The molecule has 0 spiro atoms. The average molecular weight is 448 g/mol. The molecule has 0 aliphatic carbocycles. The zero-order valence-corrected chi connectivity index (χ0v) is 19.7. The van der Waals surface area contributed by atoms with Gasteiger partial charge in [0.15, 0.2) is 0 Å². The molecule has 0 N–H and O–H groups in total. The molecule has 1 aliphatic rings. The fourth-order valence-corrected chi connectivity index (χ4v) is 4.29. The molecule has 0 amide bonds. The Morgan fingerprint density at radius 3 is 2.67 bits per heavy atom. The minimum atomic E-state index is -0.210. The van der Waals surface area contributed by atoms with Crippen molar-refractivity contribution in [2.45, 2.75) is 46.3 Å². The monoisotopic (exact) mass is 447 g/mol. The summed E-state index contributed by atoms with van der Waals surface area (Å²) in [5.41, 5.74) is 1.84. The molecule has 4 heterocycles. The number of hydrogen-bond acceptors (Lipinski definition) is 6. The van der Waals surface area contributed by atoms with Gasteiger partial charge in [0.1, 0.15) is 11.9 Å². The molecule has 3 aromatic heterocycles. The number of piperidine rings is 1. The number of anilines is 1. The number of ether oxygens (including phenoxy) is 2. The van der Waals surface area contributed by atoms with Crippen molar-refractivity contribution in [3.63, 3.8) is 0 Å². The molecule has 8 heteroatoms. The second kappa shape index (κ2) is 8.74. The van der Waals surface area contributed by atoms with Crippen molar-refractivity contribution in [2.24, 2.45) is 12.5 Å². The van der Waals surface area contributed by atoms with Crippen LogP contribution in [-0.4, -0.2) is 39.8 Å². The second-order valence-corrected chi connectivity index (χ2v) is 9.38. The normalized spacial score (nSPS) is 17.7. The molecule has 0 saturated carbocycles. The summed E-state index contributed by atoms with van der Waals surface area (Å²) in [5.74, 6) is 1.60. The van der Waals surface area contributed by atoms with Crippen molar-refractivity contribution < 1.29 is 9.47 Å². The summed E-state index contributed by atoms with van der Waals surface area (Å²) in [7, 11) is 1.72. The largest absolute Gasteiger partial charge is 0.489 e. The van der Waals surface area contributed by atoms with E-state index in [0.717, 1.165) is 17.9 Å². The molecule has 3 aromatic rings.